The van der Waals surface area contributed by atoms with Crippen LogP contribution in [0.1, 0.15) is 31.2 Å². The van der Waals surface area contributed by atoms with Crippen LogP contribution in [0.5, 0.6) is 11.5 Å². The van der Waals surface area contributed by atoms with Gasteiger partial charge in [0.2, 0.25) is 0 Å². The number of nitrogens with one attached hydrogen (secondary N) is 1. The lowest BCUT2D eigenvalue weighted by Gasteiger charge is -2.28. The van der Waals surface area contributed by atoms with Crippen LogP contribution in [-0.4, -0.2) is 35.8 Å². The van der Waals surface area contributed by atoms with Crippen LogP contribution in [0.2, 0.25) is 0 Å². The summed E-state index contributed by atoms with van der Waals surface area (Å²) in [6.07, 6.45) is 10.9. The van der Waals surface area contributed by atoms with Crippen molar-refractivity contribution in [1.82, 2.24) is 9.88 Å². The number of anilines is 1. The minimum atomic E-state index is 0.666. The molecule has 28 heavy (non-hydrogen) atoms. The van der Waals surface area contributed by atoms with E-state index in [0.29, 0.717) is 17.4 Å². The quantitative estimate of drug-likeness (QED) is 0.535. The van der Waals surface area contributed by atoms with Crippen LogP contribution in [0.25, 0.3) is 0 Å². The van der Waals surface area contributed by atoms with Crippen LogP contribution < -0.4 is 14.8 Å². The molecule has 0 bridgehead atoms. The van der Waals surface area contributed by atoms with Gasteiger partial charge in [-0.1, -0.05) is 17.7 Å². The van der Waals surface area contributed by atoms with Crippen molar-refractivity contribution in [2.45, 2.75) is 32.2 Å². The topological polar surface area (TPSA) is 46.6 Å². The average molecular weight is 398 g/mol. The van der Waals surface area contributed by atoms with Crippen LogP contribution >= 0.6 is 12.2 Å². The molecule has 0 saturated heterocycles. The molecular formula is C22H27N3O2S. The van der Waals surface area contributed by atoms with Crippen LogP contribution in [0.3, 0.4) is 0 Å². The summed E-state index contributed by atoms with van der Waals surface area (Å²) in [5, 5.41) is 4.02. The largest absolute Gasteiger partial charge is 0.497 e. The van der Waals surface area contributed by atoms with Crippen molar-refractivity contribution in [3.8, 4) is 11.5 Å². The van der Waals surface area contributed by atoms with Crippen molar-refractivity contribution in [2.75, 3.05) is 26.1 Å². The third kappa shape index (κ3) is 5.45. The molecule has 1 aliphatic carbocycles. The summed E-state index contributed by atoms with van der Waals surface area (Å²) in [4.78, 5) is 6.42. The van der Waals surface area contributed by atoms with E-state index in [-0.39, 0.29) is 0 Å². The molecule has 0 spiro atoms. The molecule has 3 rings (SSSR count). The Kier molecular flexibility index (Phi) is 7.25. The predicted octanol–water partition coefficient (Wildman–Crippen LogP) is 4.80. The highest BCUT2D eigenvalue weighted by Crippen LogP contribution is 2.29. The molecule has 0 unspecified atom stereocenters. The number of methoxy groups -OCH3 is 2. The molecule has 1 N–H and O–H groups in total. The lowest BCUT2D eigenvalue weighted by molar-refractivity contribution is 0.395. The van der Waals surface area contributed by atoms with Crippen LogP contribution in [0.15, 0.2) is 54.4 Å². The summed E-state index contributed by atoms with van der Waals surface area (Å²) in [7, 11) is 3.28. The molecule has 1 heterocycles. The summed E-state index contributed by atoms with van der Waals surface area (Å²) in [6, 6.07) is 9.69. The van der Waals surface area contributed by atoms with Gasteiger partial charge in [-0.3, -0.25) is 4.98 Å². The summed E-state index contributed by atoms with van der Waals surface area (Å²) >= 11 is 5.77. The first-order valence-corrected chi connectivity index (χ1v) is 9.95. The summed E-state index contributed by atoms with van der Waals surface area (Å²) in [5.74, 6) is 1.44. The van der Waals surface area contributed by atoms with E-state index >= 15 is 0 Å². The van der Waals surface area contributed by atoms with Gasteiger partial charge in [0.15, 0.2) is 5.11 Å². The van der Waals surface area contributed by atoms with Crippen LogP contribution in [-0.2, 0) is 6.54 Å². The zero-order valence-electron chi connectivity index (χ0n) is 16.5. The maximum Gasteiger partial charge on any atom is 0.174 e. The highest BCUT2D eigenvalue weighted by atomic mass is 32.1. The lowest BCUT2D eigenvalue weighted by Crippen LogP contribution is -2.36. The number of hydrogen-bond donors (Lipinski definition) is 1. The molecule has 0 fully saturated rings. The zero-order valence-corrected chi connectivity index (χ0v) is 17.3. The summed E-state index contributed by atoms with van der Waals surface area (Å²) in [6.45, 7) is 1.52. The van der Waals surface area contributed by atoms with E-state index in [0.717, 1.165) is 36.4 Å². The van der Waals surface area contributed by atoms with Crippen molar-refractivity contribution in [3.05, 3.63) is 59.9 Å². The van der Waals surface area contributed by atoms with E-state index in [1.807, 2.05) is 30.5 Å². The summed E-state index contributed by atoms with van der Waals surface area (Å²) < 4.78 is 10.8. The molecule has 0 radical (unpaired) electrons. The highest BCUT2D eigenvalue weighted by molar-refractivity contribution is 7.80. The first-order valence-electron chi connectivity index (χ1n) is 9.54. The molecule has 0 saturated carbocycles. The fourth-order valence-electron chi connectivity index (χ4n) is 3.30. The van der Waals surface area contributed by atoms with Crippen molar-refractivity contribution in [2.24, 2.45) is 0 Å². The third-order valence-corrected chi connectivity index (χ3v) is 5.17. The molecule has 0 aliphatic heterocycles. The van der Waals surface area contributed by atoms with Gasteiger partial charge in [-0.25, -0.2) is 0 Å². The molecule has 5 nitrogen and oxygen atoms in total. The van der Waals surface area contributed by atoms with E-state index in [1.165, 1.54) is 18.4 Å². The van der Waals surface area contributed by atoms with E-state index in [4.69, 9.17) is 21.7 Å². The standard InChI is InChI=1S/C22H27N3O2S/c1-26-19-10-11-20(21(13-19)27-2)24-22(28)25(15-17-7-4-3-5-8-17)16-18-9-6-12-23-14-18/h6-7,9-14H,3-5,8,15-16H2,1-2H3,(H,24,28). The van der Waals surface area contributed by atoms with Crippen molar-refractivity contribution >= 4 is 23.0 Å². The Labute approximate surface area is 172 Å². The van der Waals surface area contributed by atoms with Gasteiger partial charge in [0, 0.05) is 31.5 Å². The lowest BCUT2D eigenvalue weighted by atomic mass is 9.99. The fraction of sp³-hybridized carbons (Fsp3) is 0.364. The predicted molar refractivity (Wildman–Crippen MR) is 117 cm³/mol. The Morgan fingerprint density at radius 2 is 2.07 bits per heavy atom. The maximum absolute atomic E-state index is 5.77. The Morgan fingerprint density at radius 1 is 1.18 bits per heavy atom. The van der Waals surface area contributed by atoms with Gasteiger partial charge in [-0.05, 0) is 61.7 Å². The molecular weight excluding hydrogens is 370 g/mol. The monoisotopic (exact) mass is 397 g/mol. The minimum Gasteiger partial charge on any atom is -0.497 e. The molecule has 148 valence electrons. The van der Waals surface area contributed by atoms with Gasteiger partial charge in [0.25, 0.3) is 0 Å². The smallest absolute Gasteiger partial charge is 0.174 e. The number of ether oxygens (including phenoxy) is 2. The minimum absolute atomic E-state index is 0.666. The van der Waals surface area contributed by atoms with Gasteiger partial charge in [0.1, 0.15) is 11.5 Å². The number of thiocarbonyl (C=S) groups is 1. The second kappa shape index (κ2) is 10.1. The molecule has 6 heteroatoms. The van der Waals surface area contributed by atoms with E-state index < -0.39 is 0 Å². The van der Waals surface area contributed by atoms with Crippen LogP contribution in [0, 0.1) is 0 Å². The Hall–Kier alpha value is -2.60. The summed E-state index contributed by atoms with van der Waals surface area (Å²) in [5.41, 5.74) is 3.40. The van der Waals surface area contributed by atoms with Crippen molar-refractivity contribution in [1.29, 1.82) is 0 Å². The Bertz CT molecular complexity index is 824. The molecule has 2 aromatic rings. The number of pyridine rings is 1. The number of benzene rings is 1. The SMILES string of the molecule is COc1ccc(NC(=S)N(CC2=CCCCC2)Cc2cccnc2)c(OC)c1. The van der Waals surface area contributed by atoms with Crippen molar-refractivity contribution < 1.29 is 9.47 Å². The Morgan fingerprint density at radius 3 is 2.75 bits per heavy atom. The third-order valence-electron chi connectivity index (χ3n) is 4.81. The molecule has 1 aromatic heterocycles. The van der Waals surface area contributed by atoms with E-state index in [1.54, 1.807) is 20.4 Å². The fourth-order valence-corrected chi connectivity index (χ4v) is 3.54. The average Bonchev–Trinajstić information content (AvgIpc) is 2.75. The number of hydrogen-bond acceptors (Lipinski definition) is 4. The number of allylic oxidation sites excluding steroid dienone is 1. The first kappa shape index (κ1) is 20.1. The van der Waals surface area contributed by atoms with E-state index in [2.05, 4.69) is 27.3 Å². The highest BCUT2D eigenvalue weighted by Gasteiger charge is 2.16. The molecule has 1 aliphatic rings. The van der Waals surface area contributed by atoms with Gasteiger partial charge >= 0.3 is 0 Å². The molecule has 0 atom stereocenters. The normalized spacial score (nSPS) is 13.4. The van der Waals surface area contributed by atoms with Gasteiger partial charge < -0.3 is 19.7 Å². The number of aromatic nitrogens is 1. The van der Waals surface area contributed by atoms with Crippen LogP contribution in [0.4, 0.5) is 5.69 Å². The second-order valence-corrected chi connectivity index (χ2v) is 7.21. The molecule has 0 amide bonds. The van der Waals surface area contributed by atoms with Gasteiger partial charge in [-0.15, -0.1) is 0 Å². The van der Waals surface area contributed by atoms with E-state index in [9.17, 15) is 0 Å². The molecule has 1 aromatic carbocycles. The maximum atomic E-state index is 5.77. The van der Waals surface area contributed by atoms with Gasteiger partial charge in [0.05, 0.1) is 19.9 Å². The second-order valence-electron chi connectivity index (χ2n) is 6.82. The number of rotatable bonds is 7. The first-order chi connectivity index (χ1) is 13.7. The zero-order chi connectivity index (χ0) is 19.8. The van der Waals surface area contributed by atoms with Crippen molar-refractivity contribution in [3.63, 3.8) is 0 Å². The number of nitrogens with zero attached hydrogens (tertiary/aromatic N) is 2. The Balaban J connectivity index is 1.78. The van der Waals surface area contributed by atoms with Gasteiger partial charge in [-0.2, -0.15) is 0 Å².